The average Bonchev–Trinajstić information content (AvgIpc) is 2.73. The van der Waals surface area contributed by atoms with E-state index in [0.29, 0.717) is 5.69 Å². The quantitative estimate of drug-likeness (QED) is 0.600. The maximum absolute atomic E-state index is 11.4. The van der Waals surface area contributed by atoms with E-state index in [1.807, 2.05) is 0 Å². The summed E-state index contributed by atoms with van der Waals surface area (Å²) in [6.45, 7) is 1.81. The fraction of sp³-hybridized carbons (Fsp3) is 0.182. The van der Waals surface area contributed by atoms with E-state index in [0.717, 1.165) is 10.9 Å². The van der Waals surface area contributed by atoms with E-state index < -0.39 is 11.9 Å². The molecule has 2 aromatic heterocycles. The number of fused-ring (bicyclic) bond motifs is 1. The highest BCUT2D eigenvalue weighted by molar-refractivity contribution is 6.37. The lowest BCUT2D eigenvalue weighted by Gasteiger charge is -2.02. The van der Waals surface area contributed by atoms with Crippen molar-refractivity contribution in [2.24, 2.45) is 0 Å². The van der Waals surface area contributed by atoms with Crippen molar-refractivity contribution in [2.45, 2.75) is 6.92 Å². The summed E-state index contributed by atoms with van der Waals surface area (Å²) in [6.07, 6.45) is 4.84. The predicted octanol–water partition coefficient (Wildman–Crippen LogP) is 1.06. The van der Waals surface area contributed by atoms with Crippen LogP contribution in [0.25, 0.3) is 10.9 Å². The number of aromatic amines is 1. The first-order valence-electron chi connectivity index (χ1n) is 5.11. The average molecular weight is 233 g/mol. The molecule has 2 heterocycles. The Morgan fingerprint density at radius 3 is 3.12 bits per heavy atom. The second-order valence-corrected chi connectivity index (χ2v) is 3.30. The summed E-state index contributed by atoms with van der Waals surface area (Å²) in [6, 6.07) is 1.74. The third-order valence-electron chi connectivity index (χ3n) is 2.19. The number of aromatic nitrogens is 2. The molecule has 0 aliphatic carbocycles. The maximum atomic E-state index is 11.4. The van der Waals surface area contributed by atoms with Gasteiger partial charge in [-0.2, -0.15) is 0 Å². The molecule has 0 radical (unpaired) electrons. The van der Waals surface area contributed by atoms with Crippen LogP contribution in [0.2, 0.25) is 0 Å². The van der Waals surface area contributed by atoms with Crippen LogP contribution in [-0.4, -0.2) is 28.5 Å². The molecule has 1 amide bonds. The maximum Gasteiger partial charge on any atom is 0.397 e. The molecule has 6 heteroatoms. The first kappa shape index (κ1) is 11.1. The number of pyridine rings is 1. The van der Waals surface area contributed by atoms with Crippen LogP contribution < -0.4 is 5.32 Å². The Balaban J connectivity index is 2.19. The Bertz CT molecular complexity index is 562. The topological polar surface area (TPSA) is 84.1 Å². The Kier molecular flexibility index (Phi) is 3.04. The number of esters is 1. The summed E-state index contributed by atoms with van der Waals surface area (Å²) in [4.78, 5) is 29.4. The number of hydrogen-bond acceptors (Lipinski definition) is 4. The van der Waals surface area contributed by atoms with Gasteiger partial charge in [0.1, 0.15) is 0 Å². The summed E-state index contributed by atoms with van der Waals surface area (Å²) in [5.74, 6) is -1.68. The minimum Gasteiger partial charge on any atom is -0.459 e. The number of nitrogens with zero attached hydrogens (tertiary/aromatic N) is 1. The Morgan fingerprint density at radius 2 is 2.35 bits per heavy atom. The van der Waals surface area contributed by atoms with Gasteiger partial charge in [0.25, 0.3) is 0 Å². The number of H-pyrrole nitrogens is 1. The first-order chi connectivity index (χ1) is 8.22. The molecule has 0 aliphatic rings. The molecule has 0 saturated heterocycles. The third kappa shape index (κ3) is 2.25. The lowest BCUT2D eigenvalue weighted by atomic mass is 10.3. The van der Waals surface area contributed by atoms with E-state index in [2.05, 4.69) is 20.0 Å². The molecule has 88 valence electrons. The Hall–Kier alpha value is -2.37. The highest BCUT2D eigenvalue weighted by Gasteiger charge is 2.16. The monoisotopic (exact) mass is 233 g/mol. The van der Waals surface area contributed by atoms with E-state index in [-0.39, 0.29) is 6.61 Å². The largest absolute Gasteiger partial charge is 0.459 e. The van der Waals surface area contributed by atoms with Crippen molar-refractivity contribution in [1.29, 1.82) is 0 Å². The molecular weight excluding hydrogens is 222 g/mol. The summed E-state index contributed by atoms with van der Waals surface area (Å²) in [5, 5.41) is 3.27. The molecule has 0 unspecified atom stereocenters. The SMILES string of the molecule is CCOC(=O)C(=O)Nc1c[nH]c2cnccc12. The lowest BCUT2D eigenvalue weighted by molar-refractivity contribution is -0.152. The van der Waals surface area contributed by atoms with E-state index in [1.54, 1.807) is 31.6 Å². The van der Waals surface area contributed by atoms with Crippen LogP contribution in [0.15, 0.2) is 24.7 Å². The lowest BCUT2D eigenvalue weighted by Crippen LogP contribution is -2.24. The summed E-state index contributed by atoms with van der Waals surface area (Å²) >= 11 is 0. The fourth-order valence-corrected chi connectivity index (χ4v) is 1.45. The molecule has 6 nitrogen and oxygen atoms in total. The van der Waals surface area contributed by atoms with Crippen LogP contribution in [0.1, 0.15) is 6.92 Å². The van der Waals surface area contributed by atoms with E-state index >= 15 is 0 Å². The normalized spacial score (nSPS) is 10.2. The number of carbonyl (C=O) groups excluding carboxylic acids is 2. The molecule has 2 rings (SSSR count). The van der Waals surface area contributed by atoms with Crippen molar-refractivity contribution in [3.63, 3.8) is 0 Å². The molecule has 2 aromatic rings. The number of anilines is 1. The van der Waals surface area contributed by atoms with Crippen LogP contribution in [0.3, 0.4) is 0 Å². The smallest absolute Gasteiger partial charge is 0.397 e. The van der Waals surface area contributed by atoms with Gasteiger partial charge in [0, 0.05) is 17.8 Å². The van der Waals surface area contributed by atoms with Crippen molar-refractivity contribution in [3.05, 3.63) is 24.7 Å². The Morgan fingerprint density at radius 1 is 1.53 bits per heavy atom. The molecule has 0 aliphatic heterocycles. The highest BCUT2D eigenvalue weighted by atomic mass is 16.5. The molecule has 0 aromatic carbocycles. The van der Waals surface area contributed by atoms with Crippen molar-refractivity contribution in [3.8, 4) is 0 Å². The van der Waals surface area contributed by atoms with Gasteiger partial charge in [-0.25, -0.2) is 4.79 Å². The minimum absolute atomic E-state index is 0.171. The van der Waals surface area contributed by atoms with Gasteiger partial charge in [-0.15, -0.1) is 0 Å². The van der Waals surface area contributed by atoms with Crippen LogP contribution in [-0.2, 0) is 14.3 Å². The molecule has 0 fully saturated rings. The van der Waals surface area contributed by atoms with Crippen LogP contribution in [0.5, 0.6) is 0 Å². The molecular formula is C11H11N3O3. The molecule has 0 spiro atoms. The second-order valence-electron chi connectivity index (χ2n) is 3.30. The van der Waals surface area contributed by atoms with Gasteiger partial charge >= 0.3 is 11.9 Å². The van der Waals surface area contributed by atoms with Crippen molar-refractivity contribution < 1.29 is 14.3 Å². The zero-order chi connectivity index (χ0) is 12.3. The van der Waals surface area contributed by atoms with Gasteiger partial charge in [-0.05, 0) is 13.0 Å². The molecule has 2 N–H and O–H groups in total. The number of carbonyl (C=O) groups is 2. The number of amides is 1. The molecule has 0 bridgehead atoms. The van der Waals surface area contributed by atoms with Crippen LogP contribution in [0.4, 0.5) is 5.69 Å². The van der Waals surface area contributed by atoms with Crippen molar-refractivity contribution in [2.75, 3.05) is 11.9 Å². The summed E-state index contributed by atoms with van der Waals surface area (Å²) < 4.78 is 4.59. The van der Waals surface area contributed by atoms with Gasteiger partial charge in [-0.1, -0.05) is 0 Å². The number of rotatable bonds is 2. The highest BCUT2D eigenvalue weighted by Crippen LogP contribution is 2.21. The zero-order valence-electron chi connectivity index (χ0n) is 9.19. The molecule has 0 saturated carbocycles. The number of hydrogen-bond donors (Lipinski definition) is 2. The van der Waals surface area contributed by atoms with Crippen molar-refractivity contribution in [1.82, 2.24) is 9.97 Å². The van der Waals surface area contributed by atoms with Gasteiger partial charge in [-0.3, -0.25) is 9.78 Å². The first-order valence-corrected chi connectivity index (χ1v) is 5.11. The fourth-order valence-electron chi connectivity index (χ4n) is 1.45. The molecule has 17 heavy (non-hydrogen) atoms. The van der Waals surface area contributed by atoms with Gasteiger partial charge in [0.05, 0.1) is 24.0 Å². The zero-order valence-corrected chi connectivity index (χ0v) is 9.19. The van der Waals surface area contributed by atoms with Crippen LogP contribution >= 0.6 is 0 Å². The minimum atomic E-state index is -0.893. The predicted molar refractivity (Wildman–Crippen MR) is 61.4 cm³/mol. The van der Waals surface area contributed by atoms with E-state index in [1.165, 1.54) is 0 Å². The van der Waals surface area contributed by atoms with Crippen molar-refractivity contribution >= 4 is 28.5 Å². The van der Waals surface area contributed by atoms with E-state index in [4.69, 9.17) is 0 Å². The second kappa shape index (κ2) is 4.65. The number of nitrogens with one attached hydrogen (secondary N) is 2. The van der Waals surface area contributed by atoms with Gasteiger partial charge < -0.3 is 15.0 Å². The third-order valence-corrected chi connectivity index (χ3v) is 2.19. The van der Waals surface area contributed by atoms with E-state index in [9.17, 15) is 9.59 Å². The van der Waals surface area contributed by atoms with Crippen LogP contribution in [0, 0.1) is 0 Å². The Labute approximate surface area is 97.0 Å². The molecule has 0 atom stereocenters. The van der Waals surface area contributed by atoms with Gasteiger partial charge in [0.15, 0.2) is 0 Å². The number of ether oxygens (including phenoxy) is 1. The van der Waals surface area contributed by atoms with Gasteiger partial charge in [0.2, 0.25) is 0 Å². The summed E-state index contributed by atoms with van der Waals surface area (Å²) in [7, 11) is 0. The standard InChI is InChI=1S/C11H11N3O3/c1-2-17-11(16)10(15)14-9-6-13-8-5-12-4-3-7(8)9/h3-6,13H,2H2,1H3,(H,14,15). The summed E-state index contributed by atoms with van der Waals surface area (Å²) in [5.41, 5.74) is 1.31.